The Morgan fingerprint density at radius 1 is 1.31 bits per heavy atom. The number of piperidine rings is 1. The third-order valence-corrected chi connectivity index (χ3v) is 8.88. The number of sulfonamides is 1. The molecule has 9 nitrogen and oxygen atoms in total. The summed E-state index contributed by atoms with van der Waals surface area (Å²) < 4.78 is 39.7. The van der Waals surface area contributed by atoms with Gasteiger partial charge in [0.15, 0.2) is 5.72 Å². The monoisotopic (exact) mass is 503 g/mol. The highest BCUT2D eigenvalue weighted by atomic mass is 35.5. The number of carbonyl (C=O) groups excluding carboxylic acids is 2. The van der Waals surface area contributed by atoms with Gasteiger partial charge in [0.25, 0.3) is 0 Å². The number of hydrogen-bond donors (Lipinski definition) is 0. The molecule has 0 aliphatic carbocycles. The van der Waals surface area contributed by atoms with Crippen LogP contribution in [0, 0.1) is 0 Å². The minimum Gasteiger partial charge on any atom is -0.380 e. The Kier molecular flexibility index (Phi) is 6.43. The number of halogens is 1. The van der Waals surface area contributed by atoms with Gasteiger partial charge < -0.3 is 19.3 Å². The summed E-state index contributed by atoms with van der Waals surface area (Å²) >= 11 is 7.17. The van der Waals surface area contributed by atoms with Crippen LogP contribution < -0.4 is 0 Å². The van der Waals surface area contributed by atoms with Crippen molar-refractivity contribution in [1.29, 1.82) is 0 Å². The van der Waals surface area contributed by atoms with Crippen LogP contribution in [0.5, 0.6) is 0 Å². The molecule has 1 atom stereocenters. The van der Waals surface area contributed by atoms with Crippen molar-refractivity contribution in [3.05, 3.63) is 26.8 Å². The molecule has 1 spiro atoms. The minimum atomic E-state index is -3.88. The summed E-state index contributed by atoms with van der Waals surface area (Å²) in [6.45, 7) is 2.73. The highest BCUT2D eigenvalue weighted by Gasteiger charge is 2.60. The van der Waals surface area contributed by atoms with E-state index in [1.165, 1.54) is 31.4 Å². The molecular formula is C20H26ClN3O6S2. The average molecular weight is 504 g/mol. The van der Waals surface area contributed by atoms with E-state index in [0.717, 1.165) is 9.71 Å². The third-order valence-electron chi connectivity index (χ3n) is 6.23. The van der Waals surface area contributed by atoms with Gasteiger partial charge in [0, 0.05) is 37.4 Å². The highest BCUT2D eigenvalue weighted by Crippen LogP contribution is 2.43. The number of nitrogens with zero attached hydrogens (tertiary/aromatic N) is 3. The summed E-state index contributed by atoms with van der Waals surface area (Å²) in [4.78, 5) is 28.8. The smallest absolute Gasteiger partial charge is 0.240 e. The van der Waals surface area contributed by atoms with Crippen LogP contribution in [0.25, 0.3) is 6.08 Å². The van der Waals surface area contributed by atoms with E-state index >= 15 is 0 Å². The van der Waals surface area contributed by atoms with Gasteiger partial charge in [-0.3, -0.25) is 9.59 Å². The number of rotatable bonds is 5. The largest absolute Gasteiger partial charge is 0.380 e. The van der Waals surface area contributed by atoms with E-state index in [-0.39, 0.29) is 31.5 Å². The molecule has 1 aromatic heterocycles. The van der Waals surface area contributed by atoms with Crippen LogP contribution in [-0.2, 0) is 29.1 Å². The lowest BCUT2D eigenvalue weighted by Gasteiger charge is -2.44. The third kappa shape index (κ3) is 4.46. The molecule has 0 N–H and O–H groups in total. The normalized spacial score (nSPS) is 26.3. The molecule has 3 saturated heterocycles. The lowest BCUT2D eigenvalue weighted by atomic mass is 9.91. The SMILES string of the molecule is COCC12CN(S(=O)(=O)/C=C/c3ccc(Cl)s3)CC(=O)N1CC1(CCN(C(C)=O)CC1)O2. The van der Waals surface area contributed by atoms with Gasteiger partial charge in [-0.2, -0.15) is 4.31 Å². The Labute approximate surface area is 196 Å². The first-order chi connectivity index (χ1) is 15.1. The summed E-state index contributed by atoms with van der Waals surface area (Å²) in [5.74, 6) is -0.315. The van der Waals surface area contributed by atoms with Crippen LogP contribution in [0.3, 0.4) is 0 Å². The van der Waals surface area contributed by atoms with Crippen molar-refractivity contribution in [2.75, 3.05) is 46.4 Å². The molecule has 1 aromatic rings. The molecule has 3 fully saturated rings. The fraction of sp³-hybridized carbons (Fsp3) is 0.600. The standard InChI is InChI=1S/C20H26ClN3O6S2/c1-15(25)22-8-6-19(7-9-22)12-24-18(26)11-23(13-20(24,30-19)14-29-2)32(27,28)10-5-16-3-4-17(21)31-16/h3-5,10H,6-9,11-14H2,1-2H3/b10-5+. The minimum absolute atomic E-state index is 0.00864. The number of fused-ring (bicyclic) bond motifs is 1. The number of hydrogen-bond acceptors (Lipinski definition) is 7. The van der Waals surface area contributed by atoms with Gasteiger partial charge in [-0.25, -0.2) is 8.42 Å². The van der Waals surface area contributed by atoms with Gasteiger partial charge in [0.2, 0.25) is 21.8 Å². The molecule has 3 aliphatic heterocycles. The summed E-state index contributed by atoms with van der Waals surface area (Å²) in [6.07, 6.45) is 2.63. The van der Waals surface area contributed by atoms with Crippen LogP contribution >= 0.6 is 22.9 Å². The predicted octanol–water partition coefficient (Wildman–Crippen LogP) is 1.60. The molecular weight excluding hydrogens is 478 g/mol. The summed E-state index contributed by atoms with van der Waals surface area (Å²) in [5.41, 5.74) is -1.82. The predicted molar refractivity (Wildman–Crippen MR) is 120 cm³/mol. The highest BCUT2D eigenvalue weighted by molar-refractivity contribution is 7.92. The Morgan fingerprint density at radius 3 is 2.62 bits per heavy atom. The van der Waals surface area contributed by atoms with E-state index in [1.54, 1.807) is 21.9 Å². The quantitative estimate of drug-likeness (QED) is 0.605. The molecule has 2 amide bonds. The maximum Gasteiger partial charge on any atom is 0.240 e. The molecule has 1 unspecified atom stereocenters. The first kappa shape index (κ1) is 23.7. The molecule has 4 rings (SSSR count). The van der Waals surface area contributed by atoms with E-state index < -0.39 is 21.3 Å². The molecule has 32 heavy (non-hydrogen) atoms. The van der Waals surface area contributed by atoms with Crippen LogP contribution in [0.15, 0.2) is 17.5 Å². The van der Waals surface area contributed by atoms with Crippen molar-refractivity contribution in [3.63, 3.8) is 0 Å². The maximum absolute atomic E-state index is 13.1. The molecule has 0 saturated carbocycles. The Balaban J connectivity index is 1.56. The van der Waals surface area contributed by atoms with Gasteiger partial charge in [0.1, 0.15) is 0 Å². The van der Waals surface area contributed by atoms with Crippen molar-refractivity contribution < 1.29 is 27.5 Å². The lowest BCUT2D eigenvalue weighted by Crippen LogP contribution is -2.65. The molecule has 0 bridgehead atoms. The van der Waals surface area contributed by atoms with Crippen molar-refractivity contribution >= 4 is 50.9 Å². The van der Waals surface area contributed by atoms with E-state index in [9.17, 15) is 18.0 Å². The van der Waals surface area contributed by atoms with Crippen LogP contribution in [-0.4, -0.2) is 92.1 Å². The van der Waals surface area contributed by atoms with Crippen LogP contribution in [0.2, 0.25) is 4.34 Å². The van der Waals surface area contributed by atoms with Crippen molar-refractivity contribution in [2.45, 2.75) is 31.1 Å². The Hall–Kier alpha value is -1.50. The second kappa shape index (κ2) is 8.69. The zero-order valence-corrected chi connectivity index (χ0v) is 20.3. The lowest BCUT2D eigenvalue weighted by molar-refractivity contribution is -0.197. The van der Waals surface area contributed by atoms with Gasteiger partial charge in [-0.1, -0.05) is 11.6 Å². The molecule has 12 heteroatoms. The van der Waals surface area contributed by atoms with Crippen molar-refractivity contribution in [2.24, 2.45) is 0 Å². The van der Waals surface area contributed by atoms with E-state index in [4.69, 9.17) is 21.1 Å². The van der Waals surface area contributed by atoms with E-state index in [1.807, 2.05) is 0 Å². The zero-order chi connectivity index (χ0) is 23.1. The number of likely N-dealkylation sites (tertiary alicyclic amines) is 1. The van der Waals surface area contributed by atoms with Crippen LogP contribution in [0.1, 0.15) is 24.6 Å². The maximum atomic E-state index is 13.1. The van der Waals surface area contributed by atoms with Crippen molar-refractivity contribution in [1.82, 2.24) is 14.1 Å². The number of ether oxygens (including phenoxy) is 2. The first-order valence-electron chi connectivity index (χ1n) is 10.3. The van der Waals surface area contributed by atoms with Gasteiger partial charge in [0.05, 0.1) is 36.2 Å². The molecule has 0 aromatic carbocycles. The van der Waals surface area contributed by atoms with Gasteiger partial charge >= 0.3 is 0 Å². The fourth-order valence-corrected chi connectivity index (χ4v) is 6.84. The summed E-state index contributed by atoms with van der Waals surface area (Å²) in [6, 6.07) is 3.42. The van der Waals surface area contributed by atoms with E-state index in [2.05, 4.69) is 0 Å². The van der Waals surface area contributed by atoms with Crippen LogP contribution in [0.4, 0.5) is 0 Å². The topological polar surface area (TPSA) is 96.5 Å². The Bertz CT molecular complexity index is 1030. The second-order valence-corrected chi connectivity index (χ2v) is 12.0. The molecule has 176 valence electrons. The fourth-order valence-electron chi connectivity index (χ4n) is 4.63. The summed E-state index contributed by atoms with van der Waals surface area (Å²) in [7, 11) is -2.38. The number of thiophene rings is 1. The molecule has 3 aliphatic rings. The summed E-state index contributed by atoms with van der Waals surface area (Å²) in [5, 5.41) is 1.09. The van der Waals surface area contributed by atoms with E-state index in [0.29, 0.717) is 41.7 Å². The second-order valence-electron chi connectivity index (χ2n) is 8.41. The number of piperazine rings is 1. The van der Waals surface area contributed by atoms with Crippen molar-refractivity contribution in [3.8, 4) is 0 Å². The molecule has 4 heterocycles. The van der Waals surface area contributed by atoms with Gasteiger partial charge in [-0.05, 0) is 31.1 Å². The number of methoxy groups -OCH3 is 1. The average Bonchev–Trinajstić information content (AvgIpc) is 3.28. The zero-order valence-electron chi connectivity index (χ0n) is 18.0. The molecule has 0 radical (unpaired) electrons. The number of amides is 2. The first-order valence-corrected chi connectivity index (χ1v) is 13.0. The number of carbonyl (C=O) groups is 2. The Morgan fingerprint density at radius 2 is 2.03 bits per heavy atom. The van der Waals surface area contributed by atoms with Gasteiger partial charge in [-0.15, -0.1) is 11.3 Å².